The summed E-state index contributed by atoms with van der Waals surface area (Å²) in [5, 5.41) is 17.5. The minimum atomic E-state index is -0.499. The van der Waals surface area contributed by atoms with Crippen molar-refractivity contribution in [1.29, 1.82) is 5.26 Å². The van der Waals surface area contributed by atoms with Gasteiger partial charge < -0.3 is 16.0 Å². The Bertz CT molecular complexity index is 868. The second kappa shape index (κ2) is 10.1. The Labute approximate surface area is 166 Å². The highest BCUT2D eigenvalue weighted by molar-refractivity contribution is 9.10. The van der Waals surface area contributed by atoms with Gasteiger partial charge in [-0.1, -0.05) is 28.1 Å². The second-order valence-electron chi connectivity index (χ2n) is 5.71. The van der Waals surface area contributed by atoms with Crippen molar-refractivity contribution in [2.45, 2.75) is 13.3 Å². The van der Waals surface area contributed by atoms with Crippen LogP contribution in [0.25, 0.3) is 0 Å². The van der Waals surface area contributed by atoms with Gasteiger partial charge in [0.1, 0.15) is 11.6 Å². The maximum absolute atomic E-state index is 12.2. The average molecular weight is 427 g/mol. The van der Waals surface area contributed by atoms with Crippen LogP contribution in [0.4, 0.5) is 11.4 Å². The maximum atomic E-state index is 12.2. The lowest BCUT2D eigenvalue weighted by molar-refractivity contribution is -0.114. The molecule has 7 heteroatoms. The summed E-state index contributed by atoms with van der Waals surface area (Å²) < 4.78 is 1.02. The molecule has 0 atom stereocenters. The average Bonchev–Trinajstić information content (AvgIpc) is 2.64. The first kappa shape index (κ1) is 20.2. The van der Waals surface area contributed by atoms with E-state index in [1.807, 2.05) is 30.3 Å². The van der Waals surface area contributed by atoms with Crippen molar-refractivity contribution in [3.05, 3.63) is 70.3 Å². The molecule has 138 valence electrons. The monoisotopic (exact) mass is 426 g/mol. The van der Waals surface area contributed by atoms with Crippen LogP contribution in [0.5, 0.6) is 0 Å². The third-order valence-corrected chi connectivity index (χ3v) is 4.07. The zero-order chi connectivity index (χ0) is 19.6. The minimum Gasteiger partial charge on any atom is -0.389 e. The smallest absolute Gasteiger partial charge is 0.267 e. The zero-order valence-electron chi connectivity index (χ0n) is 14.8. The molecule has 3 N–H and O–H groups in total. The number of carbonyl (C=O) groups is 2. The molecule has 0 saturated carbocycles. The normalized spacial score (nSPS) is 10.6. The van der Waals surface area contributed by atoms with E-state index in [0.29, 0.717) is 17.9 Å². The minimum absolute atomic E-state index is 0.0169. The van der Waals surface area contributed by atoms with Crippen LogP contribution < -0.4 is 16.0 Å². The molecule has 0 aliphatic heterocycles. The maximum Gasteiger partial charge on any atom is 0.267 e. The first-order chi connectivity index (χ1) is 13.0. The zero-order valence-corrected chi connectivity index (χ0v) is 16.3. The second-order valence-corrected chi connectivity index (χ2v) is 6.63. The van der Waals surface area contributed by atoms with Crippen molar-refractivity contribution in [3.63, 3.8) is 0 Å². The Morgan fingerprint density at radius 3 is 2.19 bits per heavy atom. The summed E-state index contributed by atoms with van der Waals surface area (Å²) >= 11 is 3.39. The Balaban J connectivity index is 1.87. The van der Waals surface area contributed by atoms with Crippen molar-refractivity contribution in [1.82, 2.24) is 5.32 Å². The first-order valence-electron chi connectivity index (χ1n) is 8.25. The summed E-state index contributed by atoms with van der Waals surface area (Å²) in [6, 6.07) is 16.5. The highest BCUT2D eigenvalue weighted by Crippen LogP contribution is 2.14. The Morgan fingerprint density at radius 1 is 1.04 bits per heavy atom. The number of halogens is 1. The standard InChI is InChI=1S/C20H19BrN4O2/c1-14(26)24-18-6-8-19(9-7-18)25-20(27)16(12-22)13-23-11-10-15-2-4-17(21)5-3-15/h2-9,13,23H,10-11H2,1H3,(H,24,26)(H,25,27)/b16-13-. The number of hydrogen-bond acceptors (Lipinski definition) is 4. The van der Waals surface area contributed by atoms with Gasteiger partial charge in [0.05, 0.1) is 0 Å². The van der Waals surface area contributed by atoms with Crippen LogP contribution in [0.15, 0.2) is 64.8 Å². The van der Waals surface area contributed by atoms with Crippen molar-refractivity contribution in [2.75, 3.05) is 17.2 Å². The van der Waals surface area contributed by atoms with E-state index in [0.717, 1.165) is 16.5 Å². The summed E-state index contributed by atoms with van der Waals surface area (Å²) in [5.74, 6) is -0.670. The van der Waals surface area contributed by atoms with Gasteiger partial charge in [-0.05, 0) is 48.4 Å². The van der Waals surface area contributed by atoms with Gasteiger partial charge in [0.2, 0.25) is 5.91 Å². The summed E-state index contributed by atoms with van der Waals surface area (Å²) in [7, 11) is 0. The lowest BCUT2D eigenvalue weighted by atomic mass is 10.1. The van der Waals surface area contributed by atoms with E-state index in [-0.39, 0.29) is 11.5 Å². The fraction of sp³-hybridized carbons (Fsp3) is 0.150. The van der Waals surface area contributed by atoms with Crippen LogP contribution >= 0.6 is 15.9 Å². The number of benzene rings is 2. The third kappa shape index (κ3) is 6.96. The van der Waals surface area contributed by atoms with Gasteiger partial charge in [-0.25, -0.2) is 0 Å². The molecule has 27 heavy (non-hydrogen) atoms. The van der Waals surface area contributed by atoms with E-state index in [4.69, 9.17) is 0 Å². The van der Waals surface area contributed by atoms with Crippen molar-refractivity contribution < 1.29 is 9.59 Å². The number of anilines is 2. The molecule has 0 unspecified atom stereocenters. The quantitative estimate of drug-likeness (QED) is 0.358. The van der Waals surface area contributed by atoms with Gasteiger partial charge in [0, 0.05) is 35.5 Å². The topological polar surface area (TPSA) is 94.0 Å². The lowest BCUT2D eigenvalue weighted by Gasteiger charge is -2.07. The van der Waals surface area contributed by atoms with Gasteiger partial charge in [0.15, 0.2) is 0 Å². The highest BCUT2D eigenvalue weighted by Gasteiger charge is 2.09. The van der Waals surface area contributed by atoms with Crippen LogP contribution in [0.3, 0.4) is 0 Å². The molecular weight excluding hydrogens is 408 g/mol. The predicted octanol–water partition coefficient (Wildman–Crippen LogP) is 3.59. The molecule has 2 amide bonds. The van der Waals surface area contributed by atoms with Gasteiger partial charge >= 0.3 is 0 Å². The van der Waals surface area contributed by atoms with Gasteiger partial charge in [0.25, 0.3) is 5.91 Å². The molecule has 2 aromatic rings. The molecular formula is C20H19BrN4O2. The van der Waals surface area contributed by atoms with Gasteiger partial charge in [-0.15, -0.1) is 0 Å². The van der Waals surface area contributed by atoms with Crippen LogP contribution in [0.1, 0.15) is 12.5 Å². The number of carbonyl (C=O) groups excluding carboxylic acids is 2. The molecule has 2 aromatic carbocycles. The fourth-order valence-corrected chi connectivity index (χ4v) is 2.49. The van der Waals surface area contributed by atoms with Crippen LogP contribution in [0.2, 0.25) is 0 Å². The number of nitrogens with one attached hydrogen (secondary N) is 3. The van der Waals surface area contributed by atoms with E-state index in [1.165, 1.54) is 13.1 Å². The van der Waals surface area contributed by atoms with Gasteiger partial charge in [-0.3, -0.25) is 9.59 Å². The number of rotatable bonds is 7. The third-order valence-electron chi connectivity index (χ3n) is 3.55. The molecule has 0 bridgehead atoms. The van der Waals surface area contributed by atoms with Crippen LogP contribution in [0, 0.1) is 11.3 Å². The lowest BCUT2D eigenvalue weighted by Crippen LogP contribution is -2.18. The summed E-state index contributed by atoms with van der Waals surface area (Å²) in [4.78, 5) is 23.2. The van der Waals surface area contributed by atoms with Crippen molar-refractivity contribution in [3.8, 4) is 6.07 Å². The number of hydrogen-bond donors (Lipinski definition) is 3. The molecule has 6 nitrogen and oxygen atoms in total. The van der Waals surface area contributed by atoms with E-state index in [2.05, 4.69) is 31.9 Å². The largest absolute Gasteiger partial charge is 0.389 e. The summed E-state index contributed by atoms with van der Waals surface area (Å²) in [6.07, 6.45) is 2.19. The molecule has 0 fully saturated rings. The first-order valence-corrected chi connectivity index (χ1v) is 9.04. The van der Waals surface area contributed by atoms with Crippen molar-refractivity contribution >= 4 is 39.1 Å². The number of nitrogens with zero attached hydrogens (tertiary/aromatic N) is 1. The Hall–Kier alpha value is -3.11. The molecule has 0 spiro atoms. The molecule has 0 radical (unpaired) electrons. The summed E-state index contributed by atoms with van der Waals surface area (Å²) in [5.41, 5.74) is 2.30. The molecule has 0 aromatic heterocycles. The number of nitriles is 1. The Kier molecular flexibility index (Phi) is 7.59. The number of amides is 2. The molecule has 0 heterocycles. The van der Waals surface area contributed by atoms with Gasteiger partial charge in [-0.2, -0.15) is 5.26 Å². The fourth-order valence-electron chi connectivity index (χ4n) is 2.23. The SMILES string of the molecule is CC(=O)Nc1ccc(NC(=O)/C(C#N)=C\NCCc2ccc(Br)cc2)cc1. The van der Waals surface area contributed by atoms with E-state index < -0.39 is 5.91 Å². The van der Waals surface area contributed by atoms with E-state index in [1.54, 1.807) is 24.3 Å². The molecule has 0 aliphatic carbocycles. The molecule has 0 aliphatic rings. The van der Waals surface area contributed by atoms with E-state index in [9.17, 15) is 14.9 Å². The molecule has 0 saturated heterocycles. The van der Waals surface area contributed by atoms with Crippen molar-refractivity contribution in [2.24, 2.45) is 0 Å². The molecule has 2 rings (SSSR count). The Morgan fingerprint density at radius 2 is 1.63 bits per heavy atom. The predicted molar refractivity (Wildman–Crippen MR) is 109 cm³/mol. The van der Waals surface area contributed by atoms with Crippen LogP contribution in [-0.2, 0) is 16.0 Å². The highest BCUT2D eigenvalue weighted by atomic mass is 79.9. The van der Waals surface area contributed by atoms with Crippen LogP contribution in [-0.4, -0.2) is 18.4 Å². The summed E-state index contributed by atoms with van der Waals surface area (Å²) in [6.45, 7) is 2.02. The van der Waals surface area contributed by atoms with E-state index >= 15 is 0 Å².